The molecule has 1 aromatic carbocycles. The van der Waals surface area contributed by atoms with Gasteiger partial charge in [0.1, 0.15) is 5.75 Å². The highest BCUT2D eigenvalue weighted by Crippen LogP contribution is 2.24. The molecule has 7 heteroatoms. The molecule has 2 N–H and O–H groups in total. The van der Waals surface area contributed by atoms with Crippen LogP contribution < -0.4 is 10.5 Å². The SMILES string of the molecule is CCOCC(N)c1cccc(OC(F)(F)F)c1.Cl. The number of hydrogen-bond donors (Lipinski definition) is 1. The Labute approximate surface area is 109 Å². The number of ether oxygens (including phenoxy) is 2. The van der Waals surface area contributed by atoms with E-state index < -0.39 is 12.4 Å². The van der Waals surface area contributed by atoms with Crippen LogP contribution in [0.1, 0.15) is 18.5 Å². The summed E-state index contributed by atoms with van der Waals surface area (Å²) < 4.78 is 44.9. The highest BCUT2D eigenvalue weighted by atomic mass is 35.5. The van der Waals surface area contributed by atoms with Crippen LogP contribution in [-0.2, 0) is 4.74 Å². The Morgan fingerprint density at radius 2 is 2.00 bits per heavy atom. The molecular formula is C11H15ClF3NO2. The first-order valence-corrected chi connectivity index (χ1v) is 5.11. The van der Waals surface area contributed by atoms with E-state index in [0.717, 1.165) is 0 Å². The highest BCUT2D eigenvalue weighted by Gasteiger charge is 2.31. The summed E-state index contributed by atoms with van der Waals surface area (Å²) in [6.07, 6.45) is -4.69. The van der Waals surface area contributed by atoms with Crippen LogP contribution in [0.3, 0.4) is 0 Å². The molecule has 104 valence electrons. The van der Waals surface area contributed by atoms with Crippen LogP contribution >= 0.6 is 12.4 Å². The van der Waals surface area contributed by atoms with Gasteiger partial charge >= 0.3 is 6.36 Å². The zero-order chi connectivity index (χ0) is 12.9. The number of hydrogen-bond acceptors (Lipinski definition) is 3. The average Bonchev–Trinajstić information content (AvgIpc) is 2.24. The highest BCUT2D eigenvalue weighted by molar-refractivity contribution is 5.85. The predicted octanol–water partition coefficient (Wildman–Crippen LogP) is 3.04. The fourth-order valence-electron chi connectivity index (χ4n) is 1.28. The van der Waals surface area contributed by atoms with Gasteiger partial charge in [-0.2, -0.15) is 0 Å². The summed E-state index contributed by atoms with van der Waals surface area (Å²) in [6.45, 7) is 2.58. The van der Waals surface area contributed by atoms with Crippen LogP contribution in [0.25, 0.3) is 0 Å². The van der Waals surface area contributed by atoms with Gasteiger partial charge in [0.05, 0.1) is 12.6 Å². The Kier molecular flexibility index (Phi) is 7.05. The van der Waals surface area contributed by atoms with Gasteiger partial charge in [-0.3, -0.25) is 0 Å². The van der Waals surface area contributed by atoms with Gasteiger partial charge < -0.3 is 15.2 Å². The van der Waals surface area contributed by atoms with Gasteiger partial charge in [0, 0.05) is 6.61 Å². The van der Waals surface area contributed by atoms with Crippen LogP contribution in [0, 0.1) is 0 Å². The molecule has 0 fully saturated rings. The summed E-state index contributed by atoms with van der Waals surface area (Å²) in [6, 6.07) is 5.11. The van der Waals surface area contributed by atoms with Crippen LogP contribution in [0.4, 0.5) is 13.2 Å². The largest absolute Gasteiger partial charge is 0.573 e. The van der Waals surface area contributed by atoms with Crippen molar-refractivity contribution < 1.29 is 22.6 Å². The molecule has 0 saturated carbocycles. The average molecular weight is 286 g/mol. The third-order valence-electron chi connectivity index (χ3n) is 2.02. The Morgan fingerprint density at radius 1 is 1.33 bits per heavy atom. The Hall–Kier alpha value is -0.980. The number of alkyl halides is 3. The molecule has 0 saturated heterocycles. The lowest BCUT2D eigenvalue weighted by Crippen LogP contribution is -2.19. The van der Waals surface area contributed by atoms with Crippen molar-refractivity contribution in [3.05, 3.63) is 29.8 Å². The van der Waals surface area contributed by atoms with Crippen molar-refractivity contribution in [1.82, 2.24) is 0 Å². The molecule has 0 heterocycles. The number of halogens is 4. The lowest BCUT2D eigenvalue weighted by molar-refractivity contribution is -0.274. The maximum absolute atomic E-state index is 12.0. The zero-order valence-electron chi connectivity index (χ0n) is 9.74. The van der Waals surface area contributed by atoms with E-state index in [4.69, 9.17) is 10.5 Å². The first-order chi connectivity index (χ1) is 7.92. The summed E-state index contributed by atoms with van der Waals surface area (Å²) in [5.41, 5.74) is 6.29. The standard InChI is InChI=1S/C11H14F3NO2.ClH/c1-2-16-7-10(15)8-4-3-5-9(6-8)17-11(12,13)14;/h3-6,10H,2,7,15H2,1H3;1H. The topological polar surface area (TPSA) is 44.5 Å². The van der Waals surface area contributed by atoms with Crippen molar-refractivity contribution in [1.29, 1.82) is 0 Å². The van der Waals surface area contributed by atoms with Gasteiger partial charge in [0.2, 0.25) is 0 Å². The first-order valence-electron chi connectivity index (χ1n) is 5.11. The van der Waals surface area contributed by atoms with Gasteiger partial charge in [-0.15, -0.1) is 25.6 Å². The van der Waals surface area contributed by atoms with Gasteiger partial charge in [-0.25, -0.2) is 0 Å². The van der Waals surface area contributed by atoms with Crippen molar-refractivity contribution in [2.45, 2.75) is 19.3 Å². The normalized spacial score (nSPS) is 12.7. The molecule has 1 unspecified atom stereocenters. The molecule has 0 amide bonds. The summed E-state index contributed by atoms with van der Waals surface area (Å²) in [5.74, 6) is -0.276. The van der Waals surface area contributed by atoms with Gasteiger partial charge in [-0.1, -0.05) is 12.1 Å². The van der Waals surface area contributed by atoms with Crippen molar-refractivity contribution in [2.75, 3.05) is 13.2 Å². The maximum atomic E-state index is 12.0. The summed E-state index contributed by atoms with van der Waals surface area (Å²) >= 11 is 0. The molecule has 1 rings (SSSR count). The minimum atomic E-state index is -4.69. The van der Waals surface area contributed by atoms with E-state index in [-0.39, 0.29) is 24.8 Å². The van der Waals surface area contributed by atoms with Crippen molar-refractivity contribution in [3.8, 4) is 5.75 Å². The van der Waals surface area contributed by atoms with E-state index in [1.807, 2.05) is 6.92 Å². The Balaban J connectivity index is 0.00000289. The fraction of sp³-hybridized carbons (Fsp3) is 0.455. The molecule has 0 spiro atoms. The molecule has 0 aromatic heterocycles. The van der Waals surface area contributed by atoms with Gasteiger partial charge in [0.15, 0.2) is 0 Å². The fourth-order valence-corrected chi connectivity index (χ4v) is 1.28. The lowest BCUT2D eigenvalue weighted by Gasteiger charge is -2.14. The molecule has 18 heavy (non-hydrogen) atoms. The van der Waals surface area contributed by atoms with Crippen LogP contribution in [-0.4, -0.2) is 19.6 Å². The molecular weight excluding hydrogens is 271 g/mol. The zero-order valence-corrected chi connectivity index (χ0v) is 10.6. The first kappa shape index (κ1) is 17.0. The summed E-state index contributed by atoms with van der Waals surface area (Å²) in [7, 11) is 0. The lowest BCUT2D eigenvalue weighted by atomic mass is 10.1. The van der Waals surface area contributed by atoms with E-state index in [1.54, 1.807) is 6.07 Å². The van der Waals surface area contributed by atoms with Crippen LogP contribution in [0.2, 0.25) is 0 Å². The molecule has 1 aromatic rings. The molecule has 0 aliphatic rings. The van der Waals surface area contributed by atoms with E-state index in [1.165, 1.54) is 18.2 Å². The molecule has 3 nitrogen and oxygen atoms in total. The quantitative estimate of drug-likeness (QED) is 0.904. The van der Waals surface area contributed by atoms with Crippen LogP contribution in [0.5, 0.6) is 5.75 Å². The minimum absolute atomic E-state index is 0. The molecule has 0 bridgehead atoms. The second-order valence-electron chi connectivity index (χ2n) is 3.39. The van der Waals surface area contributed by atoms with Gasteiger partial charge in [-0.05, 0) is 24.6 Å². The molecule has 0 radical (unpaired) electrons. The second kappa shape index (κ2) is 7.45. The molecule has 0 aliphatic carbocycles. The smallest absolute Gasteiger partial charge is 0.406 e. The van der Waals surface area contributed by atoms with E-state index in [9.17, 15) is 13.2 Å². The minimum Gasteiger partial charge on any atom is -0.406 e. The Bertz CT molecular complexity index is 360. The molecule has 0 aliphatic heterocycles. The number of rotatable bonds is 5. The predicted molar refractivity (Wildman–Crippen MR) is 63.8 cm³/mol. The summed E-state index contributed by atoms with van der Waals surface area (Å²) in [5, 5.41) is 0. The molecule has 1 atom stereocenters. The summed E-state index contributed by atoms with van der Waals surface area (Å²) in [4.78, 5) is 0. The van der Waals surface area contributed by atoms with Crippen molar-refractivity contribution in [3.63, 3.8) is 0 Å². The van der Waals surface area contributed by atoms with Crippen LogP contribution in [0.15, 0.2) is 24.3 Å². The Morgan fingerprint density at radius 3 is 2.56 bits per heavy atom. The number of benzene rings is 1. The maximum Gasteiger partial charge on any atom is 0.573 e. The third-order valence-corrected chi connectivity index (χ3v) is 2.02. The van der Waals surface area contributed by atoms with Crippen molar-refractivity contribution >= 4 is 12.4 Å². The van der Waals surface area contributed by atoms with Crippen molar-refractivity contribution in [2.24, 2.45) is 5.73 Å². The third kappa shape index (κ3) is 6.09. The number of nitrogens with two attached hydrogens (primary N) is 1. The van der Waals surface area contributed by atoms with E-state index in [2.05, 4.69) is 4.74 Å². The van der Waals surface area contributed by atoms with E-state index >= 15 is 0 Å². The van der Waals surface area contributed by atoms with E-state index in [0.29, 0.717) is 12.2 Å². The van der Waals surface area contributed by atoms with Gasteiger partial charge in [0.25, 0.3) is 0 Å². The second-order valence-corrected chi connectivity index (χ2v) is 3.39. The monoisotopic (exact) mass is 285 g/mol.